The summed E-state index contributed by atoms with van der Waals surface area (Å²) >= 11 is 0. The van der Waals surface area contributed by atoms with Crippen LogP contribution in [0.5, 0.6) is 0 Å². The van der Waals surface area contributed by atoms with Crippen molar-refractivity contribution >= 4 is 17.0 Å². The fraction of sp³-hybridized carbons (Fsp3) is 0.500. The van der Waals surface area contributed by atoms with E-state index in [1.165, 1.54) is 18.4 Å². The van der Waals surface area contributed by atoms with Gasteiger partial charge in [-0.2, -0.15) is 0 Å². The molecule has 1 aromatic carbocycles. The standard InChI is InChI=1S/C20H25N7/c21-18-17-20(23-19(22-18)16-8-9-16)27(25-24-17)13-15-7-4-10-26(12-15)11-14-5-2-1-3-6-14/h1-3,5-6,15-16H,4,7-13H2,(H2,21,22,23). The fourth-order valence-corrected chi connectivity index (χ4v) is 4.07. The van der Waals surface area contributed by atoms with Crippen LogP contribution in [-0.2, 0) is 13.1 Å². The van der Waals surface area contributed by atoms with E-state index in [-0.39, 0.29) is 0 Å². The highest BCUT2D eigenvalue weighted by molar-refractivity contribution is 5.80. The van der Waals surface area contributed by atoms with Gasteiger partial charge < -0.3 is 5.73 Å². The Labute approximate surface area is 158 Å². The molecule has 7 nitrogen and oxygen atoms in total. The molecule has 1 atom stereocenters. The minimum absolute atomic E-state index is 0.461. The Morgan fingerprint density at radius 1 is 1.07 bits per heavy atom. The smallest absolute Gasteiger partial charge is 0.184 e. The number of anilines is 1. The Morgan fingerprint density at radius 3 is 2.74 bits per heavy atom. The maximum absolute atomic E-state index is 6.10. The molecule has 1 aliphatic heterocycles. The number of likely N-dealkylation sites (tertiary alicyclic amines) is 1. The third-order valence-electron chi connectivity index (χ3n) is 5.63. The number of rotatable bonds is 5. The lowest BCUT2D eigenvalue weighted by molar-refractivity contribution is 0.153. The summed E-state index contributed by atoms with van der Waals surface area (Å²) in [5.74, 6) is 2.34. The Morgan fingerprint density at radius 2 is 1.93 bits per heavy atom. The first-order valence-electron chi connectivity index (χ1n) is 9.89. The Kier molecular flexibility index (Phi) is 4.24. The van der Waals surface area contributed by atoms with Crippen LogP contribution in [0.25, 0.3) is 11.2 Å². The molecule has 3 heterocycles. The predicted molar refractivity (Wildman–Crippen MR) is 104 cm³/mol. The first kappa shape index (κ1) is 16.6. The number of nitrogens with two attached hydrogens (primary N) is 1. The molecule has 2 N–H and O–H groups in total. The minimum atomic E-state index is 0.461. The molecule has 2 aromatic heterocycles. The highest BCUT2D eigenvalue weighted by Gasteiger charge is 2.29. The normalized spacial score (nSPS) is 21.0. The molecule has 2 aliphatic rings. The van der Waals surface area contributed by atoms with Crippen LogP contribution in [0.2, 0.25) is 0 Å². The Bertz CT molecular complexity index is 932. The maximum atomic E-state index is 6.10. The van der Waals surface area contributed by atoms with E-state index in [4.69, 9.17) is 10.7 Å². The molecule has 0 amide bonds. The average Bonchev–Trinajstić information content (AvgIpc) is 3.45. The molecular weight excluding hydrogens is 338 g/mol. The Hall–Kier alpha value is -2.54. The van der Waals surface area contributed by atoms with Gasteiger partial charge in [-0.25, -0.2) is 14.6 Å². The average molecular weight is 363 g/mol. The summed E-state index contributed by atoms with van der Waals surface area (Å²) in [4.78, 5) is 11.7. The lowest BCUT2D eigenvalue weighted by Gasteiger charge is -2.32. The monoisotopic (exact) mass is 363 g/mol. The van der Waals surface area contributed by atoms with Crippen molar-refractivity contribution in [2.75, 3.05) is 18.8 Å². The Balaban J connectivity index is 1.32. The third-order valence-corrected chi connectivity index (χ3v) is 5.63. The minimum Gasteiger partial charge on any atom is -0.382 e. The number of piperidine rings is 1. The summed E-state index contributed by atoms with van der Waals surface area (Å²) in [7, 11) is 0. The summed E-state index contributed by atoms with van der Waals surface area (Å²) < 4.78 is 1.94. The van der Waals surface area contributed by atoms with Crippen LogP contribution in [0.1, 0.15) is 43.0 Å². The second kappa shape index (κ2) is 6.88. The summed E-state index contributed by atoms with van der Waals surface area (Å²) in [6.45, 7) is 4.08. The molecule has 1 saturated carbocycles. The van der Waals surface area contributed by atoms with Gasteiger partial charge >= 0.3 is 0 Å². The molecule has 27 heavy (non-hydrogen) atoms. The third kappa shape index (κ3) is 3.51. The van der Waals surface area contributed by atoms with Crippen molar-refractivity contribution in [3.63, 3.8) is 0 Å². The van der Waals surface area contributed by atoms with Crippen LogP contribution >= 0.6 is 0 Å². The van der Waals surface area contributed by atoms with Gasteiger partial charge in [0.1, 0.15) is 5.82 Å². The van der Waals surface area contributed by atoms with Crippen LogP contribution in [0.15, 0.2) is 30.3 Å². The van der Waals surface area contributed by atoms with Gasteiger partial charge in [0.25, 0.3) is 0 Å². The summed E-state index contributed by atoms with van der Waals surface area (Å²) in [6.07, 6.45) is 4.74. The number of aromatic nitrogens is 5. The summed E-state index contributed by atoms with van der Waals surface area (Å²) in [5.41, 5.74) is 8.91. The lowest BCUT2D eigenvalue weighted by atomic mass is 9.97. The van der Waals surface area contributed by atoms with Crippen molar-refractivity contribution in [3.8, 4) is 0 Å². The molecule has 5 rings (SSSR count). The molecule has 140 valence electrons. The quantitative estimate of drug-likeness (QED) is 0.750. The van der Waals surface area contributed by atoms with Crippen LogP contribution in [0.3, 0.4) is 0 Å². The highest BCUT2D eigenvalue weighted by atomic mass is 15.4. The second-order valence-electron chi connectivity index (χ2n) is 7.91. The molecule has 2 fully saturated rings. The van der Waals surface area contributed by atoms with E-state index >= 15 is 0 Å². The van der Waals surface area contributed by atoms with E-state index in [9.17, 15) is 0 Å². The summed E-state index contributed by atoms with van der Waals surface area (Å²) in [5, 5.41) is 8.59. The van der Waals surface area contributed by atoms with Crippen molar-refractivity contribution in [3.05, 3.63) is 41.7 Å². The topological polar surface area (TPSA) is 85.7 Å². The second-order valence-corrected chi connectivity index (χ2v) is 7.91. The predicted octanol–water partition coefficient (Wildman–Crippen LogP) is 2.59. The molecule has 0 spiro atoms. The zero-order chi connectivity index (χ0) is 18.2. The molecule has 7 heteroatoms. The number of benzene rings is 1. The number of fused-ring (bicyclic) bond motifs is 1. The molecule has 1 saturated heterocycles. The van der Waals surface area contributed by atoms with Crippen LogP contribution in [0.4, 0.5) is 5.82 Å². The van der Waals surface area contributed by atoms with Gasteiger partial charge in [0.05, 0.1) is 0 Å². The summed E-state index contributed by atoms with van der Waals surface area (Å²) in [6, 6.07) is 10.7. The van der Waals surface area contributed by atoms with Gasteiger partial charge in [-0.3, -0.25) is 4.90 Å². The van der Waals surface area contributed by atoms with E-state index in [2.05, 4.69) is 50.5 Å². The first-order valence-corrected chi connectivity index (χ1v) is 9.89. The van der Waals surface area contributed by atoms with Crippen molar-refractivity contribution in [1.29, 1.82) is 0 Å². The van der Waals surface area contributed by atoms with E-state index in [0.717, 1.165) is 50.5 Å². The van der Waals surface area contributed by atoms with E-state index < -0.39 is 0 Å². The van der Waals surface area contributed by atoms with E-state index in [0.29, 0.717) is 23.2 Å². The molecule has 3 aromatic rings. The van der Waals surface area contributed by atoms with Gasteiger partial charge in [-0.05, 0) is 43.7 Å². The van der Waals surface area contributed by atoms with Crippen LogP contribution in [0, 0.1) is 5.92 Å². The van der Waals surface area contributed by atoms with E-state index in [1.807, 2.05) is 4.68 Å². The van der Waals surface area contributed by atoms with Gasteiger partial charge in [0.15, 0.2) is 17.0 Å². The molecule has 1 aliphatic carbocycles. The van der Waals surface area contributed by atoms with Gasteiger partial charge in [0.2, 0.25) is 0 Å². The van der Waals surface area contributed by atoms with E-state index in [1.54, 1.807) is 0 Å². The zero-order valence-electron chi connectivity index (χ0n) is 15.5. The zero-order valence-corrected chi connectivity index (χ0v) is 15.5. The van der Waals surface area contributed by atoms with Crippen molar-refractivity contribution < 1.29 is 0 Å². The van der Waals surface area contributed by atoms with Crippen molar-refractivity contribution in [1.82, 2.24) is 29.9 Å². The van der Waals surface area contributed by atoms with Crippen LogP contribution < -0.4 is 5.73 Å². The van der Waals surface area contributed by atoms with Crippen molar-refractivity contribution in [2.45, 2.75) is 44.7 Å². The molecule has 0 radical (unpaired) electrons. The van der Waals surface area contributed by atoms with Gasteiger partial charge in [-0.15, -0.1) is 5.10 Å². The number of nitrogen functional groups attached to an aromatic ring is 1. The molecule has 0 bridgehead atoms. The lowest BCUT2D eigenvalue weighted by Crippen LogP contribution is -2.36. The van der Waals surface area contributed by atoms with Crippen LogP contribution in [-0.4, -0.2) is 43.0 Å². The highest BCUT2D eigenvalue weighted by Crippen LogP contribution is 2.38. The van der Waals surface area contributed by atoms with Gasteiger partial charge in [-0.1, -0.05) is 35.5 Å². The molecule has 1 unspecified atom stereocenters. The SMILES string of the molecule is Nc1nc(C2CC2)nc2c1nnn2CC1CCCN(Cc2ccccc2)C1. The number of hydrogen-bond acceptors (Lipinski definition) is 6. The first-order chi connectivity index (χ1) is 13.3. The van der Waals surface area contributed by atoms with Gasteiger partial charge in [0, 0.05) is 25.6 Å². The molecular formula is C20H25N7. The maximum Gasteiger partial charge on any atom is 0.184 e. The fourth-order valence-electron chi connectivity index (χ4n) is 4.07. The van der Waals surface area contributed by atoms with Crippen molar-refractivity contribution in [2.24, 2.45) is 5.92 Å². The number of hydrogen-bond donors (Lipinski definition) is 1. The largest absolute Gasteiger partial charge is 0.382 e. The number of nitrogens with zero attached hydrogens (tertiary/aromatic N) is 6.